The van der Waals surface area contributed by atoms with E-state index in [1.807, 2.05) is 55.5 Å². The minimum atomic E-state index is -0.506. The first-order valence-electron chi connectivity index (χ1n) is 6.93. The first-order valence-corrected chi connectivity index (χ1v) is 7.72. The van der Waals surface area contributed by atoms with Crippen LogP contribution in [0.5, 0.6) is 0 Å². The Morgan fingerprint density at radius 3 is 2.62 bits per heavy atom. The Kier molecular flexibility index (Phi) is 5.53. The predicted octanol–water partition coefficient (Wildman–Crippen LogP) is 3.66. The minimum Gasteiger partial charge on any atom is -0.324 e. The van der Waals surface area contributed by atoms with Crippen LogP contribution in [0.25, 0.3) is 0 Å². The van der Waals surface area contributed by atoms with E-state index < -0.39 is 6.04 Å². The van der Waals surface area contributed by atoms with Crippen LogP contribution in [0.15, 0.2) is 53.0 Å². The molecule has 0 saturated carbocycles. The summed E-state index contributed by atoms with van der Waals surface area (Å²) in [5.41, 5.74) is 8.98. The van der Waals surface area contributed by atoms with Crippen LogP contribution >= 0.6 is 15.9 Å². The van der Waals surface area contributed by atoms with E-state index in [2.05, 4.69) is 21.2 Å². The van der Waals surface area contributed by atoms with Gasteiger partial charge in [-0.1, -0.05) is 46.3 Å². The molecule has 0 aliphatic rings. The number of carbonyl (C=O) groups excluding carboxylic acids is 1. The van der Waals surface area contributed by atoms with Crippen molar-refractivity contribution < 1.29 is 4.79 Å². The third-order valence-corrected chi connectivity index (χ3v) is 3.86. The fourth-order valence-electron chi connectivity index (χ4n) is 2.09. The molecule has 4 heteroatoms. The van der Waals surface area contributed by atoms with Crippen molar-refractivity contribution >= 4 is 27.5 Å². The lowest BCUT2D eigenvalue weighted by atomic mass is 10.1. The lowest BCUT2D eigenvalue weighted by Gasteiger charge is -2.14. The SMILES string of the molecule is Cc1cc(Br)ccc1NC(=O)[C@@H](N)CCc1ccccc1. The number of halogens is 1. The van der Waals surface area contributed by atoms with Crippen molar-refractivity contribution in [3.05, 3.63) is 64.1 Å². The average molecular weight is 347 g/mol. The Bertz CT molecular complexity index is 613. The first-order chi connectivity index (χ1) is 10.1. The number of rotatable bonds is 5. The van der Waals surface area contributed by atoms with Gasteiger partial charge in [0.25, 0.3) is 0 Å². The molecule has 0 fully saturated rings. The predicted molar refractivity (Wildman–Crippen MR) is 90.2 cm³/mol. The van der Waals surface area contributed by atoms with Gasteiger partial charge in [0, 0.05) is 10.2 Å². The minimum absolute atomic E-state index is 0.142. The van der Waals surface area contributed by atoms with E-state index in [-0.39, 0.29) is 5.91 Å². The molecule has 0 radical (unpaired) electrons. The standard InChI is InChI=1S/C17H19BrN2O/c1-12-11-14(18)8-10-16(12)20-17(21)15(19)9-7-13-5-3-2-4-6-13/h2-6,8,10-11,15H,7,9,19H2,1H3,(H,20,21)/t15-/m0/s1. The molecule has 3 N–H and O–H groups in total. The molecule has 0 bridgehead atoms. The first kappa shape index (κ1) is 15.7. The zero-order valence-electron chi connectivity index (χ0n) is 12.0. The van der Waals surface area contributed by atoms with Crippen LogP contribution in [0.3, 0.4) is 0 Å². The molecule has 0 unspecified atom stereocenters. The molecule has 110 valence electrons. The van der Waals surface area contributed by atoms with Gasteiger partial charge in [0.1, 0.15) is 0 Å². The highest BCUT2D eigenvalue weighted by Crippen LogP contribution is 2.20. The molecular formula is C17H19BrN2O. The third-order valence-electron chi connectivity index (χ3n) is 3.37. The van der Waals surface area contributed by atoms with E-state index in [9.17, 15) is 4.79 Å². The van der Waals surface area contributed by atoms with Crippen LogP contribution in [0.1, 0.15) is 17.5 Å². The van der Waals surface area contributed by atoms with Gasteiger partial charge in [-0.2, -0.15) is 0 Å². The molecule has 0 aromatic heterocycles. The Morgan fingerprint density at radius 2 is 1.95 bits per heavy atom. The lowest BCUT2D eigenvalue weighted by molar-refractivity contribution is -0.117. The maximum atomic E-state index is 12.1. The maximum Gasteiger partial charge on any atom is 0.241 e. The summed E-state index contributed by atoms with van der Waals surface area (Å²) in [6.45, 7) is 1.95. The van der Waals surface area contributed by atoms with Crippen LogP contribution in [0.2, 0.25) is 0 Å². The molecule has 1 atom stereocenters. The van der Waals surface area contributed by atoms with Crippen molar-refractivity contribution in [1.29, 1.82) is 0 Å². The molecule has 2 rings (SSSR count). The van der Waals surface area contributed by atoms with E-state index in [1.165, 1.54) is 5.56 Å². The lowest BCUT2D eigenvalue weighted by Crippen LogP contribution is -2.36. The van der Waals surface area contributed by atoms with Gasteiger partial charge in [-0.15, -0.1) is 0 Å². The quantitative estimate of drug-likeness (QED) is 0.867. The van der Waals surface area contributed by atoms with Gasteiger partial charge in [-0.3, -0.25) is 4.79 Å². The summed E-state index contributed by atoms with van der Waals surface area (Å²) in [6, 6.07) is 15.3. The van der Waals surface area contributed by atoms with E-state index in [0.29, 0.717) is 6.42 Å². The van der Waals surface area contributed by atoms with Crippen molar-refractivity contribution in [1.82, 2.24) is 0 Å². The molecule has 0 spiro atoms. The van der Waals surface area contributed by atoms with Gasteiger partial charge < -0.3 is 11.1 Å². The van der Waals surface area contributed by atoms with Crippen LogP contribution in [-0.4, -0.2) is 11.9 Å². The zero-order chi connectivity index (χ0) is 15.2. The Labute approximate surface area is 133 Å². The highest BCUT2D eigenvalue weighted by molar-refractivity contribution is 9.10. The maximum absolute atomic E-state index is 12.1. The summed E-state index contributed by atoms with van der Waals surface area (Å²) in [5, 5.41) is 2.89. The Morgan fingerprint density at radius 1 is 1.24 bits per heavy atom. The van der Waals surface area contributed by atoms with Crippen molar-refractivity contribution in [3.8, 4) is 0 Å². The molecule has 1 amide bonds. The number of nitrogens with one attached hydrogen (secondary N) is 1. The van der Waals surface area contributed by atoms with Crippen molar-refractivity contribution in [2.75, 3.05) is 5.32 Å². The largest absolute Gasteiger partial charge is 0.324 e. The smallest absolute Gasteiger partial charge is 0.241 e. The molecular weight excluding hydrogens is 328 g/mol. The highest BCUT2D eigenvalue weighted by Gasteiger charge is 2.14. The van der Waals surface area contributed by atoms with Crippen molar-refractivity contribution in [2.24, 2.45) is 5.73 Å². The number of benzene rings is 2. The summed E-state index contributed by atoms with van der Waals surface area (Å²) < 4.78 is 0.992. The number of hydrogen-bond acceptors (Lipinski definition) is 2. The molecule has 2 aromatic carbocycles. The molecule has 0 aliphatic heterocycles. The molecule has 3 nitrogen and oxygen atoms in total. The second-order valence-corrected chi connectivity index (χ2v) is 5.99. The molecule has 0 heterocycles. The van der Waals surface area contributed by atoms with Gasteiger partial charge in [-0.25, -0.2) is 0 Å². The van der Waals surface area contributed by atoms with Gasteiger partial charge in [-0.05, 0) is 49.1 Å². The van der Waals surface area contributed by atoms with E-state index in [4.69, 9.17) is 5.73 Å². The van der Waals surface area contributed by atoms with Crippen LogP contribution < -0.4 is 11.1 Å². The van der Waals surface area contributed by atoms with Gasteiger partial charge >= 0.3 is 0 Å². The summed E-state index contributed by atoms with van der Waals surface area (Å²) in [7, 11) is 0. The van der Waals surface area contributed by atoms with Crippen LogP contribution in [-0.2, 0) is 11.2 Å². The van der Waals surface area contributed by atoms with Crippen LogP contribution in [0, 0.1) is 6.92 Å². The van der Waals surface area contributed by atoms with E-state index >= 15 is 0 Å². The van der Waals surface area contributed by atoms with Crippen molar-refractivity contribution in [3.63, 3.8) is 0 Å². The normalized spacial score (nSPS) is 12.0. The number of carbonyl (C=O) groups is 1. The topological polar surface area (TPSA) is 55.1 Å². The van der Waals surface area contributed by atoms with Crippen LogP contribution in [0.4, 0.5) is 5.69 Å². The highest BCUT2D eigenvalue weighted by atomic mass is 79.9. The summed E-state index contributed by atoms with van der Waals surface area (Å²) >= 11 is 3.40. The molecule has 0 saturated heterocycles. The van der Waals surface area contributed by atoms with Gasteiger partial charge in [0.05, 0.1) is 6.04 Å². The number of hydrogen-bond donors (Lipinski definition) is 2. The fraction of sp³-hybridized carbons (Fsp3) is 0.235. The molecule has 2 aromatic rings. The molecule has 21 heavy (non-hydrogen) atoms. The second kappa shape index (κ2) is 7.38. The number of amides is 1. The van der Waals surface area contributed by atoms with Gasteiger partial charge in [0.15, 0.2) is 0 Å². The number of anilines is 1. The fourth-order valence-corrected chi connectivity index (χ4v) is 2.57. The van der Waals surface area contributed by atoms with Crippen molar-refractivity contribution in [2.45, 2.75) is 25.8 Å². The summed E-state index contributed by atoms with van der Waals surface area (Å²) in [5.74, 6) is -0.142. The monoisotopic (exact) mass is 346 g/mol. The summed E-state index contributed by atoms with van der Waals surface area (Å²) in [4.78, 5) is 12.1. The Hall–Kier alpha value is -1.65. The third kappa shape index (κ3) is 4.69. The van der Waals surface area contributed by atoms with Gasteiger partial charge in [0.2, 0.25) is 5.91 Å². The second-order valence-electron chi connectivity index (χ2n) is 5.08. The molecule has 0 aliphatic carbocycles. The van der Waals surface area contributed by atoms with E-state index in [0.717, 1.165) is 22.1 Å². The average Bonchev–Trinajstić information content (AvgIpc) is 2.48. The summed E-state index contributed by atoms with van der Waals surface area (Å²) in [6.07, 6.45) is 1.43. The Balaban J connectivity index is 1.90. The zero-order valence-corrected chi connectivity index (χ0v) is 13.6. The van der Waals surface area contributed by atoms with E-state index in [1.54, 1.807) is 0 Å². The number of aryl methyl sites for hydroxylation is 2. The number of nitrogens with two attached hydrogens (primary N) is 1.